The standard InChI is InChI=1S/C16H23N7/c1-2-4-17-16(3-1)22-10-8-21(9-11-22)15-13-20(14-15)7-12-23-18-5-6-19-23/h1-6,15H,7-14H2. The van der Waals surface area contributed by atoms with Crippen LogP contribution in [0.1, 0.15) is 0 Å². The van der Waals surface area contributed by atoms with E-state index < -0.39 is 0 Å². The van der Waals surface area contributed by atoms with Gasteiger partial charge in [-0.3, -0.25) is 9.80 Å². The lowest BCUT2D eigenvalue weighted by atomic mass is 10.1. The molecule has 2 fully saturated rings. The molecule has 0 aromatic carbocycles. The topological polar surface area (TPSA) is 53.3 Å². The largest absolute Gasteiger partial charge is 0.354 e. The van der Waals surface area contributed by atoms with Crippen molar-refractivity contribution in [2.75, 3.05) is 50.7 Å². The Labute approximate surface area is 136 Å². The molecule has 0 amide bonds. The minimum Gasteiger partial charge on any atom is -0.354 e. The van der Waals surface area contributed by atoms with E-state index in [0.29, 0.717) is 6.04 Å². The lowest BCUT2D eigenvalue weighted by Crippen LogP contribution is -2.63. The van der Waals surface area contributed by atoms with Crippen molar-refractivity contribution in [2.24, 2.45) is 0 Å². The molecule has 0 aliphatic carbocycles. The summed E-state index contributed by atoms with van der Waals surface area (Å²) >= 11 is 0. The van der Waals surface area contributed by atoms with Gasteiger partial charge in [0.15, 0.2) is 0 Å². The third-order valence-electron chi connectivity index (χ3n) is 4.82. The fraction of sp³-hybridized carbons (Fsp3) is 0.562. The van der Waals surface area contributed by atoms with Crippen molar-refractivity contribution in [3.05, 3.63) is 36.8 Å². The molecule has 23 heavy (non-hydrogen) atoms. The zero-order valence-electron chi connectivity index (χ0n) is 13.3. The fourth-order valence-corrected chi connectivity index (χ4v) is 3.40. The molecule has 2 saturated heterocycles. The van der Waals surface area contributed by atoms with Crippen LogP contribution >= 0.6 is 0 Å². The molecule has 2 aliphatic rings. The minimum absolute atomic E-state index is 0.714. The fourth-order valence-electron chi connectivity index (χ4n) is 3.40. The van der Waals surface area contributed by atoms with Crippen molar-refractivity contribution in [3.63, 3.8) is 0 Å². The van der Waals surface area contributed by atoms with Crippen LogP contribution in [-0.4, -0.2) is 81.6 Å². The van der Waals surface area contributed by atoms with Crippen molar-refractivity contribution in [2.45, 2.75) is 12.6 Å². The van der Waals surface area contributed by atoms with E-state index in [9.17, 15) is 0 Å². The van der Waals surface area contributed by atoms with Gasteiger partial charge in [-0.15, -0.1) is 0 Å². The maximum Gasteiger partial charge on any atom is 0.128 e. The van der Waals surface area contributed by atoms with Gasteiger partial charge in [0.25, 0.3) is 0 Å². The highest BCUT2D eigenvalue weighted by Gasteiger charge is 2.33. The van der Waals surface area contributed by atoms with Crippen LogP contribution in [0.3, 0.4) is 0 Å². The Morgan fingerprint density at radius 2 is 1.70 bits per heavy atom. The average molecular weight is 313 g/mol. The van der Waals surface area contributed by atoms with E-state index in [4.69, 9.17) is 0 Å². The highest BCUT2D eigenvalue weighted by Crippen LogP contribution is 2.19. The number of piperazine rings is 1. The molecule has 0 atom stereocenters. The number of rotatable bonds is 5. The molecule has 2 aliphatic heterocycles. The van der Waals surface area contributed by atoms with Gasteiger partial charge in [-0.05, 0) is 12.1 Å². The highest BCUT2D eigenvalue weighted by molar-refractivity contribution is 5.38. The van der Waals surface area contributed by atoms with Gasteiger partial charge in [-0.25, -0.2) is 4.98 Å². The van der Waals surface area contributed by atoms with E-state index in [1.807, 2.05) is 12.3 Å². The minimum atomic E-state index is 0.714. The molecule has 0 radical (unpaired) electrons. The van der Waals surface area contributed by atoms with E-state index >= 15 is 0 Å². The summed E-state index contributed by atoms with van der Waals surface area (Å²) < 4.78 is 0. The molecule has 4 heterocycles. The Balaban J connectivity index is 1.19. The smallest absolute Gasteiger partial charge is 0.128 e. The molecule has 2 aromatic rings. The van der Waals surface area contributed by atoms with Crippen LogP contribution < -0.4 is 4.90 Å². The SMILES string of the molecule is c1ccc(N2CCN(C3CN(CCn4nccn4)C3)CC2)nc1. The number of likely N-dealkylation sites (tertiary alicyclic amines) is 1. The van der Waals surface area contributed by atoms with Gasteiger partial charge in [0.1, 0.15) is 5.82 Å². The quantitative estimate of drug-likeness (QED) is 0.785. The first kappa shape index (κ1) is 14.6. The second-order valence-electron chi connectivity index (χ2n) is 6.25. The monoisotopic (exact) mass is 313 g/mol. The Morgan fingerprint density at radius 3 is 2.39 bits per heavy atom. The maximum atomic E-state index is 4.45. The van der Waals surface area contributed by atoms with Crippen molar-refractivity contribution in [1.29, 1.82) is 0 Å². The van der Waals surface area contributed by atoms with Crippen LogP contribution in [0, 0.1) is 0 Å². The first-order valence-corrected chi connectivity index (χ1v) is 8.35. The summed E-state index contributed by atoms with van der Waals surface area (Å²) in [5.74, 6) is 1.11. The molecule has 122 valence electrons. The zero-order chi connectivity index (χ0) is 15.5. The van der Waals surface area contributed by atoms with Crippen molar-refractivity contribution in [3.8, 4) is 0 Å². The summed E-state index contributed by atoms with van der Waals surface area (Å²) in [5.41, 5.74) is 0. The van der Waals surface area contributed by atoms with Crippen LogP contribution in [0.15, 0.2) is 36.8 Å². The van der Waals surface area contributed by atoms with Crippen molar-refractivity contribution >= 4 is 5.82 Å². The summed E-state index contributed by atoms with van der Waals surface area (Å²) in [7, 11) is 0. The summed E-state index contributed by atoms with van der Waals surface area (Å²) in [6.07, 6.45) is 5.35. The molecule has 7 nitrogen and oxygen atoms in total. The van der Waals surface area contributed by atoms with Gasteiger partial charge in [-0.1, -0.05) is 6.07 Å². The lowest BCUT2D eigenvalue weighted by Gasteiger charge is -2.48. The van der Waals surface area contributed by atoms with E-state index in [1.54, 1.807) is 17.2 Å². The second kappa shape index (κ2) is 6.64. The predicted molar refractivity (Wildman–Crippen MR) is 88.3 cm³/mol. The van der Waals surface area contributed by atoms with Gasteiger partial charge < -0.3 is 4.90 Å². The van der Waals surface area contributed by atoms with Gasteiger partial charge in [0.05, 0.1) is 18.9 Å². The Kier molecular flexibility index (Phi) is 4.21. The molecular formula is C16H23N7. The maximum absolute atomic E-state index is 4.45. The van der Waals surface area contributed by atoms with Crippen molar-refractivity contribution in [1.82, 2.24) is 29.8 Å². The summed E-state index contributed by atoms with van der Waals surface area (Å²) in [4.78, 5) is 13.7. The van der Waals surface area contributed by atoms with E-state index in [2.05, 4.69) is 42.0 Å². The Bertz CT molecular complexity index is 586. The highest BCUT2D eigenvalue weighted by atomic mass is 15.5. The van der Waals surface area contributed by atoms with Crippen LogP contribution in [0.2, 0.25) is 0 Å². The van der Waals surface area contributed by atoms with Crippen LogP contribution in [0.25, 0.3) is 0 Å². The number of hydrogen-bond donors (Lipinski definition) is 0. The summed E-state index contributed by atoms with van der Waals surface area (Å²) in [5, 5.41) is 8.30. The van der Waals surface area contributed by atoms with Gasteiger partial charge in [-0.2, -0.15) is 15.0 Å². The van der Waals surface area contributed by atoms with Crippen molar-refractivity contribution < 1.29 is 0 Å². The molecule has 0 bridgehead atoms. The first-order chi connectivity index (χ1) is 11.4. The third-order valence-corrected chi connectivity index (χ3v) is 4.82. The Morgan fingerprint density at radius 1 is 0.913 bits per heavy atom. The predicted octanol–water partition coefficient (Wildman–Crippen LogP) is 0.180. The molecular weight excluding hydrogens is 290 g/mol. The van der Waals surface area contributed by atoms with Gasteiger partial charge in [0.2, 0.25) is 0 Å². The molecule has 0 N–H and O–H groups in total. The van der Waals surface area contributed by atoms with Crippen LogP contribution in [0.5, 0.6) is 0 Å². The molecule has 0 unspecified atom stereocenters. The second-order valence-corrected chi connectivity index (χ2v) is 6.25. The lowest BCUT2D eigenvalue weighted by molar-refractivity contribution is 0.0275. The number of anilines is 1. The van der Waals surface area contributed by atoms with E-state index in [1.165, 1.54) is 13.1 Å². The number of nitrogens with zero attached hydrogens (tertiary/aromatic N) is 7. The van der Waals surface area contributed by atoms with E-state index in [-0.39, 0.29) is 0 Å². The molecule has 7 heteroatoms. The average Bonchev–Trinajstić information content (AvgIpc) is 3.08. The Hall–Kier alpha value is -1.99. The van der Waals surface area contributed by atoms with Crippen LogP contribution in [0.4, 0.5) is 5.82 Å². The molecule has 4 rings (SSSR count). The van der Waals surface area contributed by atoms with Gasteiger partial charge >= 0.3 is 0 Å². The van der Waals surface area contributed by atoms with Gasteiger partial charge in [0, 0.05) is 58.1 Å². The third kappa shape index (κ3) is 3.35. The number of pyridine rings is 1. The normalized spacial score (nSPS) is 20.6. The first-order valence-electron chi connectivity index (χ1n) is 8.35. The summed E-state index contributed by atoms with van der Waals surface area (Å²) in [6, 6.07) is 6.85. The molecule has 0 saturated carbocycles. The van der Waals surface area contributed by atoms with Crippen LogP contribution in [-0.2, 0) is 6.54 Å². The summed E-state index contributed by atoms with van der Waals surface area (Å²) in [6.45, 7) is 8.68. The number of hydrogen-bond acceptors (Lipinski definition) is 6. The van der Waals surface area contributed by atoms with E-state index in [0.717, 1.165) is 45.1 Å². The molecule has 2 aromatic heterocycles. The number of aromatic nitrogens is 4. The molecule has 0 spiro atoms. The zero-order valence-corrected chi connectivity index (χ0v) is 13.3.